The van der Waals surface area contributed by atoms with Crippen LogP contribution in [0.25, 0.3) is 0 Å². The van der Waals surface area contributed by atoms with E-state index in [0.717, 1.165) is 69.2 Å². The summed E-state index contributed by atoms with van der Waals surface area (Å²) in [6, 6.07) is 0. The molecule has 3 saturated heterocycles. The Morgan fingerprint density at radius 1 is 0.377 bits per heavy atom. The van der Waals surface area contributed by atoms with Crippen LogP contribution in [0.1, 0.15) is 82.1 Å². The molecule has 388 valence electrons. The van der Waals surface area contributed by atoms with Crippen LogP contribution in [-0.4, -0.2) is 178 Å². The van der Waals surface area contributed by atoms with Crippen LogP contribution in [-0.2, 0) is 124 Å². The molecule has 3 aliphatic heterocycles. The average Bonchev–Trinajstić information content (AvgIpc) is 3.22. The van der Waals surface area contributed by atoms with Crippen molar-refractivity contribution in [2.24, 2.45) is 0 Å². The van der Waals surface area contributed by atoms with Gasteiger partial charge in [-0.05, 0) is 12.8 Å². The third-order valence-corrected chi connectivity index (χ3v) is 9.66. The van der Waals surface area contributed by atoms with Crippen LogP contribution in [0.2, 0.25) is 0 Å². The van der Waals surface area contributed by atoms with Crippen molar-refractivity contribution in [2.75, 3.05) is 26.4 Å². The van der Waals surface area contributed by atoms with E-state index in [4.69, 9.17) is 75.8 Å². The lowest BCUT2D eigenvalue weighted by Crippen LogP contribution is -2.69. The first-order valence-corrected chi connectivity index (χ1v) is 21.5. The Kier molecular flexibility index (Phi) is 22.8. The van der Waals surface area contributed by atoms with Gasteiger partial charge in [0.2, 0.25) is 0 Å². The Balaban J connectivity index is 2.29. The number of hydrogen-bond donors (Lipinski definition) is 0. The summed E-state index contributed by atoms with van der Waals surface area (Å²) in [7, 11) is 0. The van der Waals surface area contributed by atoms with E-state index < -0.39 is 172 Å². The Bertz CT molecular complexity index is 1850. The summed E-state index contributed by atoms with van der Waals surface area (Å²) in [5.41, 5.74) is 0. The average molecular weight is 993 g/mol. The number of ether oxygens (including phenoxy) is 16. The largest absolute Gasteiger partial charge is 0.463 e. The van der Waals surface area contributed by atoms with Crippen LogP contribution in [0.15, 0.2) is 12.7 Å². The van der Waals surface area contributed by atoms with Gasteiger partial charge in [-0.1, -0.05) is 6.08 Å². The number of carbonyl (C=O) groups excluding carboxylic acids is 10. The van der Waals surface area contributed by atoms with Crippen molar-refractivity contribution in [2.45, 2.75) is 174 Å². The van der Waals surface area contributed by atoms with Gasteiger partial charge < -0.3 is 75.8 Å². The maximum absolute atomic E-state index is 13.0. The van der Waals surface area contributed by atoms with Crippen molar-refractivity contribution in [1.82, 2.24) is 0 Å². The molecule has 0 spiro atoms. The van der Waals surface area contributed by atoms with Crippen molar-refractivity contribution in [3.63, 3.8) is 0 Å². The third kappa shape index (κ3) is 18.2. The zero-order chi connectivity index (χ0) is 51.7. The molecule has 0 amide bonds. The number of hydrogen-bond acceptors (Lipinski definition) is 26. The van der Waals surface area contributed by atoms with E-state index in [1.807, 2.05) is 0 Å². The van der Waals surface area contributed by atoms with Gasteiger partial charge in [0, 0.05) is 69.2 Å². The van der Waals surface area contributed by atoms with Gasteiger partial charge in [-0.3, -0.25) is 47.9 Å². The maximum Gasteiger partial charge on any atom is 0.303 e. The minimum atomic E-state index is -2.00. The number of carbonyl (C=O) groups is 10. The Morgan fingerprint density at radius 2 is 0.652 bits per heavy atom. The van der Waals surface area contributed by atoms with Crippen LogP contribution in [0.3, 0.4) is 0 Å². The molecule has 0 N–H and O–H groups in total. The lowest BCUT2D eigenvalue weighted by atomic mass is 9.95. The van der Waals surface area contributed by atoms with Crippen LogP contribution < -0.4 is 0 Å². The summed E-state index contributed by atoms with van der Waals surface area (Å²) in [5, 5.41) is 0. The Morgan fingerprint density at radius 3 is 0.971 bits per heavy atom. The molecule has 3 heterocycles. The maximum atomic E-state index is 13.0. The topological polar surface area (TPSA) is 318 Å². The van der Waals surface area contributed by atoms with Crippen molar-refractivity contribution < 1.29 is 124 Å². The second-order valence-electron chi connectivity index (χ2n) is 15.6. The van der Waals surface area contributed by atoms with E-state index in [1.165, 1.54) is 0 Å². The van der Waals surface area contributed by atoms with E-state index in [1.54, 1.807) is 6.08 Å². The number of rotatable bonds is 22. The minimum absolute atomic E-state index is 0.0101. The van der Waals surface area contributed by atoms with E-state index in [-0.39, 0.29) is 6.61 Å². The fourth-order valence-electron chi connectivity index (χ4n) is 7.32. The van der Waals surface area contributed by atoms with E-state index in [2.05, 4.69) is 6.58 Å². The molecule has 0 aromatic heterocycles. The van der Waals surface area contributed by atoms with Gasteiger partial charge in [-0.2, -0.15) is 0 Å². The van der Waals surface area contributed by atoms with Gasteiger partial charge >= 0.3 is 59.7 Å². The van der Waals surface area contributed by atoms with Crippen LogP contribution >= 0.6 is 0 Å². The number of esters is 10. The molecule has 3 rings (SSSR count). The molecule has 26 heteroatoms. The Hall–Kier alpha value is -5.80. The molecule has 0 aromatic carbocycles. The summed E-state index contributed by atoms with van der Waals surface area (Å²) >= 11 is 0. The summed E-state index contributed by atoms with van der Waals surface area (Å²) in [5.74, 6) is -9.32. The van der Waals surface area contributed by atoms with Crippen molar-refractivity contribution in [3.05, 3.63) is 12.7 Å². The molecule has 69 heavy (non-hydrogen) atoms. The molecular weight excluding hydrogens is 932 g/mol. The predicted octanol–water partition coefficient (Wildman–Crippen LogP) is 0.126. The van der Waals surface area contributed by atoms with Gasteiger partial charge in [0.1, 0.15) is 50.3 Å². The van der Waals surface area contributed by atoms with Crippen LogP contribution in [0.5, 0.6) is 0 Å². The summed E-state index contributed by atoms with van der Waals surface area (Å²) in [6.07, 6.45) is -23.5. The van der Waals surface area contributed by atoms with E-state index in [0.29, 0.717) is 12.8 Å². The van der Waals surface area contributed by atoms with Crippen molar-refractivity contribution in [3.8, 4) is 0 Å². The van der Waals surface area contributed by atoms with Crippen molar-refractivity contribution in [1.29, 1.82) is 0 Å². The smallest absolute Gasteiger partial charge is 0.303 e. The lowest BCUT2D eigenvalue weighted by molar-refractivity contribution is -0.380. The normalized spacial score (nSPS) is 30.7. The van der Waals surface area contributed by atoms with E-state index in [9.17, 15) is 47.9 Å². The van der Waals surface area contributed by atoms with Crippen LogP contribution in [0, 0.1) is 0 Å². The molecule has 15 atom stereocenters. The monoisotopic (exact) mass is 992 g/mol. The van der Waals surface area contributed by atoms with Crippen LogP contribution in [0.4, 0.5) is 0 Å². The quantitative estimate of drug-likeness (QED) is 0.0602. The lowest BCUT2D eigenvalue weighted by Gasteiger charge is -2.50. The molecule has 0 aromatic rings. The molecule has 9 unspecified atom stereocenters. The Labute approximate surface area is 396 Å². The summed E-state index contributed by atoms with van der Waals surface area (Å²) < 4.78 is 92.3. The minimum Gasteiger partial charge on any atom is -0.463 e. The third-order valence-electron chi connectivity index (χ3n) is 9.66. The standard InChI is InChI=1S/C43H60O26/c1-12-13-14-15-54-41-38(62-26(9)51)36(60-24(7)49)33(30(65-41)17-56-20(3)45)68-43-40(64-28(11)53)37(61-25(8)50)34(31(67-43)18-57-21(4)46)69-42-39(63-27(10)52)35(59-23(6)48)32(58-22(5)47)29(66-42)16-55-19(2)44/h12,29-43H,1,13-18H2,2-11H3/t29?,30?,31?,32-,33+,34-,35?,36?,37?,38?,39?,40?,41+,42+,43-/m0/s1. The molecule has 0 saturated carbocycles. The van der Waals surface area contributed by atoms with E-state index >= 15 is 0 Å². The predicted molar refractivity (Wildman–Crippen MR) is 220 cm³/mol. The highest BCUT2D eigenvalue weighted by molar-refractivity contribution is 5.70. The number of allylic oxidation sites excluding steroid dienone is 1. The van der Waals surface area contributed by atoms with Gasteiger partial charge in [0.15, 0.2) is 61.6 Å². The fourth-order valence-corrected chi connectivity index (χ4v) is 7.32. The summed E-state index contributed by atoms with van der Waals surface area (Å²) in [4.78, 5) is 125. The van der Waals surface area contributed by atoms with Gasteiger partial charge in [0.25, 0.3) is 0 Å². The first-order valence-electron chi connectivity index (χ1n) is 21.5. The van der Waals surface area contributed by atoms with Gasteiger partial charge in [0.05, 0.1) is 6.61 Å². The molecule has 0 radical (unpaired) electrons. The highest BCUT2D eigenvalue weighted by atomic mass is 16.8. The first kappa shape index (κ1) is 57.5. The van der Waals surface area contributed by atoms with Crippen molar-refractivity contribution >= 4 is 59.7 Å². The SMILES string of the molecule is C=CCCCO[C@@H]1OC(COC(C)=O)[C@@H](O[C@@H]2OC(COC(C)=O)[C@H](O[C@H]3OC(COC(C)=O)[C@H](OC(C)=O)C(OC(C)=O)C3OC(C)=O)C(OC(C)=O)C2OC(C)=O)C(OC(C)=O)C1OC(C)=O. The highest BCUT2D eigenvalue weighted by Crippen LogP contribution is 2.38. The summed E-state index contributed by atoms with van der Waals surface area (Å²) in [6.45, 7) is 11.7. The van der Waals surface area contributed by atoms with Gasteiger partial charge in [-0.25, -0.2) is 0 Å². The molecule has 26 nitrogen and oxygen atoms in total. The molecule has 0 aliphatic carbocycles. The zero-order valence-electron chi connectivity index (χ0n) is 39.8. The second kappa shape index (κ2) is 27.4. The second-order valence-corrected chi connectivity index (χ2v) is 15.6. The molecule has 0 bridgehead atoms. The van der Waals surface area contributed by atoms with Gasteiger partial charge in [-0.15, -0.1) is 6.58 Å². The first-order chi connectivity index (χ1) is 32.4. The zero-order valence-corrected chi connectivity index (χ0v) is 39.8. The fraction of sp³-hybridized carbons (Fsp3) is 0.721. The highest BCUT2D eigenvalue weighted by Gasteiger charge is 2.60. The number of unbranched alkanes of at least 4 members (excludes halogenated alkanes) is 1. The molecule has 3 fully saturated rings. The molecule has 3 aliphatic rings. The molecular formula is C43H60O26.